The molecule has 0 saturated heterocycles. The molecule has 2 aromatic carbocycles. The Labute approximate surface area is 206 Å². The molecule has 36 heavy (non-hydrogen) atoms. The lowest BCUT2D eigenvalue weighted by atomic mass is 9.94. The minimum Gasteiger partial charge on any atom is -0.497 e. The summed E-state index contributed by atoms with van der Waals surface area (Å²) in [7, 11) is 1.57. The lowest BCUT2D eigenvalue weighted by molar-refractivity contribution is -0.384. The first-order valence-corrected chi connectivity index (χ1v) is 11.0. The van der Waals surface area contributed by atoms with Gasteiger partial charge in [0.2, 0.25) is 0 Å². The molecule has 1 aliphatic heterocycles. The highest BCUT2D eigenvalue weighted by atomic mass is 16.6. The van der Waals surface area contributed by atoms with E-state index in [2.05, 4.69) is 0 Å². The van der Waals surface area contributed by atoms with Gasteiger partial charge in [-0.25, -0.2) is 0 Å². The molecule has 4 rings (SSSR count). The summed E-state index contributed by atoms with van der Waals surface area (Å²) in [6.45, 7) is 1.64. The second-order valence-electron chi connectivity index (χ2n) is 8.04. The maximum Gasteiger partial charge on any atom is 0.271 e. The lowest BCUT2D eigenvalue weighted by Crippen LogP contribution is -2.43. The Morgan fingerprint density at radius 3 is 2.53 bits per heavy atom. The minimum absolute atomic E-state index is 0.0743. The number of methoxy groups -OCH3 is 1. The van der Waals surface area contributed by atoms with Gasteiger partial charge >= 0.3 is 0 Å². The second kappa shape index (κ2) is 10.1. The van der Waals surface area contributed by atoms with E-state index >= 15 is 0 Å². The van der Waals surface area contributed by atoms with Gasteiger partial charge in [-0.2, -0.15) is 5.26 Å². The number of carbonyl (C=O) groups excluding carboxylic acids is 2. The van der Waals surface area contributed by atoms with Gasteiger partial charge in [-0.05, 0) is 54.8 Å². The molecular weight excluding hydrogens is 462 g/mol. The van der Waals surface area contributed by atoms with Crippen molar-refractivity contribution in [1.82, 2.24) is 4.90 Å². The van der Waals surface area contributed by atoms with E-state index in [1.54, 1.807) is 50.4 Å². The van der Waals surface area contributed by atoms with E-state index in [-0.39, 0.29) is 29.0 Å². The molecule has 3 aromatic rings. The Bertz CT molecular complexity index is 1460. The first-order chi connectivity index (χ1) is 17.3. The Hall–Kier alpha value is -4.97. The highest BCUT2D eigenvalue weighted by molar-refractivity contribution is 6.19. The van der Waals surface area contributed by atoms with Crippen molar-refractivity contribution in [2.24, 2.45) is 0 Å². The van der Waals surface area contributed by atoms with Gasteiger partial charge in [0.05, 0.1) is 12.0 Å². The fraction of sp³-hybridized carbons (Fsp3) is 0.148. The average Bonchev–Trinajstić information content (AvgIpc) is 3.36. The molecule has 180 valence electrons. The molecule has 0 bridgehead atoms. The van der Waals surface area contributed by atoms with Crippen molar-refractivity contribution in [3.05, 3.63) is 98.8 Å². The molecule has 2 heterocycles. The molecule has 0 aliphatic carbocycles. The SMILES string of the molecule is COc1ccc(CCN2C(=O)C(C#N)=C(C)/C(=C\c3ccc(-c4cccc([N+](=O)[O-])c4)o3)C2=O)cc1. The van der Waals surface area contributed by atoms with Gasteiger partial charge in [0.1, 0.15) is 28.9 Å². The number of carbonyl (C=O) groups is 2. The molecule has 2 amide bonds. The number of hydrogen-bond acceptors (Lipinski definition) is 7. The third-order valence-corrected chi connectivity index (χ3v) is 5.86. The number of non-ortho nitro benzene ring substituents is 1. The first-order valence-electron chi connectivity index (χ1n) is 11.0. The van der Waals surface area contributed by atoms with Gasteiger partial charge in [0.15, 0.2) is 0 Å². The topological polar surface area (TPSA) is 127 Å². The molecule has 0 spiro atoms. The number of amides is 2. The number of ether oxygens (including phenoxy) is 1. The minimum atomic E-state index is -0.637. The molecule has 0 unspecified atom stereocenters. The molecule has 0 N–H and O–H groups in total. The van der Waals surface area contributed by atoms with E-state index < -0.39 is 16.7 Å². The summed E-state index contributed by atoms with van der Waals surface area (Å²) in [5, 5.41) is 20.7. The summed E-state index contributed by atoms with van der Waals surface area (Å²) in [5.41, 5.74) is 1.66. The van der Waals surface area contributed by atoms with Gasteiger partial charge in [-0.15, -0.1) is 0 Å². The summed E-state index contributed by atoms with van der Waals surface area (Å²) in [5.74, 6) is 0.215. The first kappa shape index (κ1) is 24.2. The van der Waals surface area contributed by atoms with Crippen molar-refractivity contribution in [2.45, 2.75) is 13.3 Å². The maximum atomic E-state index is 13.3. The fourth-order valence-corrected chi connectivity index (χ4v) is 3.87. The third kappa shape index (κ3) is 4.79. The van der Waals surface area contributed by atoms with Gasteiger partial charge in [-0.1, -0.05) is 24.3 Å². The van der Waals surface area contributed by atoms with Crippen LogP contribution in [-0.2, 0) is 16.0 Å². The van der Waals surface area contributed by atoms with Gasteiger partial charge in [-0.3, -0.25) is 24.6 Å². The quantitative estimate of drug-likeness (QED) is 0.206. The van der Waals surface area contributed by atoms with Gasteiger partial charge in [0.25, 0.3) is 17.5 Å². The number of rotatable bonds is 7. The van der Waals surface area contributed by atoms with Crippen LogP contribution in [-0.4, -0.2) is 35.3 Å². The van der Waals surface area contributed by atoms with Crippen molar-refractivity contribution in [1.29, 1.82) is 5.26 Å². The largest absolute Gasteiger partial charge is 0.497 e. The predicted molar refractivity (Wildman–Crippen MR) is 131 cm³/mol. The smallest absolute Gasteiger partial charge is 0.271 e. The van der Waals surface area contributed by atoms with E-state index in [9.17, 15) is 25.0 Å². The maximum absolute atomic E-state index is 13.3. The molecular formula is C27H21N3O6. The number of benzene rings is 2. The van der Waals surface area contributed by atoms with E-state index in [1.807, 2.05) is 18.2 Å². The van der Waals surface area contributed by atoms with Crippen molar-refractivity contribution >= 4 is 23.6 Å². The van der Waals surface area contributed by atoms with Crippen LogP contribution in [0.15, 0.2) is 81.8 Å². The van der Waals surface area contributed by atoms with E-state index in [0.29, 0.717) is 29.3 Å². The molecule has 0 saturated carbocycles. The number of nitrogens with zero attached hydrogens (tertiary/aromatic N) is 3. The Kier molecular flexibility index (Phi) is 6.79. The molecule has 0 radical (unpaired) electrons. The molecule has 1 aromatic heterocycles. The summed E-state index contributed by atoms with van der Waals surface area (Å²) in [4.78, 5) is 37.8. The Morgan fingerprint density at radius 2 is 1.86 bits per heavy atom. The molecule has 1 aliphatic rings. The summed E-state index contributed by atoms with van der Waals surface area (Å²) in [6.07, 6.45) is 1.88. The Morgan fingerprint density at radius 1 is 1.11 bits per heavy atom. The highest BCUT2D eigenvalue weighted by Gasteiger charge is 2.35. The zero-order valence-corrected chi connectivity index (χ0v) is 19.6. The Balaban J connectivity index is 1.62. The zero-order chi connectivity index (χ0) is 25.8. The van der Waals surface area contributed by atoms with E-state index in [1.165, 1.54) is 18.2 Å². The van der Waals surface area contributed by atoms with Crippen LogP contribution < -0.4 is 4.74 Å². The highest BCUT2D eigenvalue weighted by Crippen LogP contribution is 2.30. The molecule has 9 nitrogen and oxygen atoms in total. The van der Waals surface area contributed by atoms with E-state index in [4.69, 9.17) is 9.15 Å². The number of nitriles is 1. The van der Waals surface area contributed by atoms with Crippen LogP contribution in [0.5, 0.6) is 5.75 Å². The third-order valence-electron chi connectivity index (χ3n) is 5.86. The summed E-state index contributed by atoms with van der Waals surface area (Å²) in [6, 6.07) is 18.4. The molecule has 0 atom stereocenters. The molecule has 0 fully saturated rings. The fourth-order valence-electron chi connectivity index (χ4n) is 3.87. The van der Waals surface area contributed by atoms with Crippen LogP contribution in [0.25, 0.3) is 17.4 Å². The lowest BCUT2D eigenvalue weighted by Gasteiger charge is -2.27. The van der Waals surface area contributed by atoms with Crippen molar-refractivity contribution in [2.75, 3.05) is 13.7 Å². The van der Waals surface area contributed by atoms with Crippen LogP contribution in [0.4, 0.5) is 5.69 Å². The van der Waals surface area contributed by atoms with Crippen LogP contribution in [0.2, 0.25) is 0 Å². The van der Waals surface area contributed by atoms with Crippen molar-refractivity contribution in [3.63, 3.8) is 0 Å². The number of imide groups is 1. The number of nitro benzene ring substituents is 1. The van der Waals surface area contributed by atoms with Crippen LogP contribution in [0, 0.1) is 21.4 Å². The van der Waals surface area contributed by atoms with Gasteiger partial charge in [0, 0.05) is 29.8 Å². The number of nitro groups is 1. The molecule has 9 heteroatoms. The number of furan rings is 1. The summed E-state index contributed by atoms with van der Waals surface area (Å²) >= 11 is 0. The average molecular weight is 483 g/mol. The number of hydrogen-bond donors (Lipinski definition) is 0. The second-order valence-corrected chi connectivity index (χ2v) is 8.04. The normalized spacial score (nSPS) is 14.8. The van der Waals surface area contributed by atoms with Crippen LogP contribution >= 0.6 is 0 Å². The van der Waals surface area contributed by atoms with Crippen molar-refractivity contribution in [3.8, 4) is 23.1 Å². The zero-order valence-electron chi connectivity index (χ0n) is 19.6. The van der Waals surface area contributed by atoms with Crippen molar-refractivity contribution < 1.29 is 23.7 Å². The van der Waals surface area contributed by atoms with E-state index in [0.717, 1.165) is 10.5 Å². The van der Waals surface area contributed by atoms with Crippen LogP contribution in [0.1, 0.15) is 18.2 Å². The monoisotopic (exact) mass is 483 g/mol. The van der Waals surface area contributed by atoms with Gasteiger partial charge < -0.3 is 9.15 Å². The van der Waals surface area contributed by atoms with Crippen LogP contribution in [0.3, 0.4) is 0 Å². The standard InChI is InChI=1S/C27H21N3O6/c1-17-23(15-22-10-11-25(36-22)19-4-3-5-20(14-19)30(33)34)26(31)29(27(32)24(17)16-28)13-12-18-6-8-21(35-2)9-7-18/h3-11,14-15H,12-13H2,1-2H3/b23-15+. The summed E-state index contributed by atoms with van der Waals surface area (Å²) < 4.78 is 11.0. The predicted octanol–water partition coefficient (Wildman–Crippen LogP) is 4.70.